The Kier molecular flexibility index (Phi) is 5.43. The van der Waals surface area contributed by atoms with Crippen molar-refractivity contribution in [3.8, 4) is 0 Å². The largest absolute Gasteiger partial charge is 0.356 e. The number of methoxy groups -OCH3 is 2. The second kappa shape index (κ2) is 8.17. The number of fused-ring (bicyclic) bond motifs is 5. The molecule has 2 aliphatic rings. The average Bonchev–Trinajstić information content (AvgIpc) is 3.22. The maximum absolute atomic E-state index is 13.9. The maximum Gasteiger partial charge on any atom is 0.255 e. The predicted molar refractivity (Wildman–Crippen MR) is 125 cm³/mol. The van der Waals surface area contributed by atoms with E-state index in [9.17, 15) is 9.59 Å². The van der Waals surface area contributed by atoms with Gasteiger partial charge in [-0.15, -0.1) is 0 Å². The van der Waals surface area contributed by atoms with E-state index in [1.54, 1.807) is 4.90 Å². The van der Waals surface area contributed by atoms with Gasteiger partial charge in [-0.05, 0) is 30.2 Å². The van der Waals surface area contributed by atoms with Gasteiger partial charge in [-0.2, -0.15) is 0 Å². The second-order valence-corrected chi connectivity index (χ2v) is 9.10. The number of H-pyrrole nitrogens is 1. The summed E-state index contributed by atoms with van der Waals surface area (Å²) in [6.45, 7) is 2.34. The monoisotopic (exact) mass is 467 g/mol. The van der Waals surface area contributed by atoms with Crippen LogP contribution < -0.4 is 0 Å². The third-order valence-electron chi connectivity index (χ3n) is 6.99. The highest BCUT2D eigenvalue weighted by Gasteiger charge is 2.56. The molecule has 33 heavy (non-hydrogen) atoms. The lowest BCUT2D eigenvalue weighted by Gasteiger charge is -2.51. The van der Waals surface area contributed by atoms with Crippen LogP contribution in [0.25, 0.3) is 10.9 Å². The lowest BCUT2D eigenvalue weighted by Crippen LogP contribution is -2.68. The fraction of sp³-hybridized carbons (Fsp3) is 0.360. The van der Waals surface area contributed by atoms with E-state index >= 15 is 0 Å². The number of ether oxygens (including phenoxy) is 2. The molecule has 1 fully saturated rings. The quantitative estimate of drug-likeness (QED) is 0.583. The number of carbonyl (C=O) groups is 2. The van der Waals surface area contributed by atoms with Crippen molar-refractivity contribution in [1.82, 2.24) is 14.8 Å². The molecule has 0 radical (unpaired) electrons. The minimum Gasteiger partial charge on any atom is -0.356 e. The van der Waals surface area contributed by atoms with Crippen molar-refractivity contribution in [2.24, 2.45) is 0 Å². The fourth-order valence-corrected chi connectivity index (χ4v) is 5.55. The van der Waals surface area contributed by atoms with Crippen molar-refractivity contribution < 1.29 is 19.1 Å². The number of nitrogens with zero attached hydrogens (tertiary/aromatic N) is 2. The predicted octanol–water partition coefficient (Wildman–Crippen LogP) is 3.47. The summed E-state index contributed by atoms with van der Waals surface area (Å²) in [7, 11) is 3.03. The topological polar surface area (TPSA) is 74.9 Å². The molecule has 3 aromatic rings. The van der Waals surface area contributed by atoms with Gasteiger partial charge >= 0.3 is 0 Å². The van der Waals surface area contributed by atoms with Crippen LogP contribution in [-0.4, -0.2) is 66.7 Å². The summed E-state index contributed by atoms with van der Waals surface area (Å²) in [6, 6.07) is 15.7. The number of aromatic nitrogens is 1. The van der Waals surface area contributed by atoms with Gasteiger partial charge in [-0.25, -0.2) is 0 Å². The van der Waals surface area contributed by atoms with Crippen molar-refractivity contribution in [2.45, 2.75) is 24.7 Å². The van der Waals surface area contributed by atoms with Crippen LogP contribution in [0.15, 0.2) is 48.5 Å². The van der Waals surface area contributed by atoms with Crippen molar-refractivity contribution in [2.75, 3.05) is 33.9 Å². The summed E-state index contributed by atoms with van der Waals surface area (Å²) in [5, 5.41) is 1.67. The average molecular weight is 468 g/mol. The molecule has 2 atom stereocenters. The summed E-state index contributed by atoms with van der Waals surface area (Å²) >= 11 is 6.61. The number of halogens is 1. The molecule has 2 aliphatic heterocycles. The molecule has 3 heterocycles. The van der Waals surface area contributed by atoms with Gasteiger partial charge in [0.15, 0.2) is 11.8 Å². The lowest BCUT2D eigenvalue weighted by atomic mass is 9.76. The smallest absolute Gasteiger partial charge is 0.255 e. The molecule has 0 unspecified atom stereocenters. The molecule has 2 aromatic carbocycles. The number of para-hydroxylation sites is 1. The Hall–Kier alpha value is -2.87. The third-order valence-corrected chi connectivity index (χ3v) is 7.34. The van der Waals surface area contributed by atoms with Gasteiger partial charge in [-0.3, -0.25) is 9.59 Å². The Balaban J connectivity index is 1.70. The highest BCUT2D eigenvalue weighted by molar-refractivity contribution is 6.31. The number of hydrogen-bond acceptors (Lipinski definition) is 4. The van der Waals surface area contributed by atoms with E-state index in [-0.39, 0.29) is 30.8 Å². The normalized spacial score (nSPS) is 22.8. The SMILES string of the molecule is COC(CN1CC(=O)N2C[C@H](c3ccccc3Cl)c3c([nH]c4ccccc34)[C@@]2(C)C1=O)OC. The number of amides is 2. The van der Waals surface area contributed by atoms with Crippen LogP contribution in [0, 0.1) is 0 Å². The molecule has 5 rings (SSSR count). The Morgan fingerprint density at radius 2 is 1.82 bits per heavy atom. The summed E-state index contributed by atoms with van der Waals surface area (Å²) in [5.41, 5.74) is 2.43. The highest BCUT2D eigenvalue weighted by atomic mass is 35.5. The number of piperazine rings is 1. The van der Waals surface area contributed by atoms with Gasteiger partial charge < -0.3 is 24.3 Å². The third kappa shape index (κ3) is 3.26. The van der Waals surface area contributed by atoms with E-state index in [0.29, 0.717) is 11.6 Å². The number of carbonyl (C=O) groups excluding carboxylic acids is 2. The Bertz CT molecular complexity index is 1240. The van der Waals surface area contributed by atoms with E-state index in [1.165, 1.54) is 19.1 Å². The van der Waals surface area contributed by atoms with Crippen LogP contribution in [0.1, 0.15) is 29.7 Å². The first-order chi connectivity index (χ1) is 15.9. The number of rotatable bonds is 5. The summed E-state index contributed by atoms with van der Waals surface area (Å²) in [5.74, 6) is -0.442. The molecule has 1 N–H and O–H groups in total. The number of benzene rings is 2. The molecule has 1 aromatic heterocycles. The molecule has 0 saturated carbocycles. The van der Waals surface area contributed by atoms with Crippen molar-refractivity contribution in [3.63, 3.8) is 0 Å². The van der Waals surface area contributed by atoms with E-state index in [2.05, 4.69) is 4.98 Å². The Morgan fingerprint density at radius 1 is 1.12 bits per heavy atom. The zero-order chi connectivity index (χ0) is 23.3. The zero-order valence-corrected chi connectivity index (χ0v) is 19.6. The van der Waals surface area contributed by atoms with Gasteiger partial charge in [0.05, 0.1) is 12.2 Å². The van der Waals surface area contributed by atoms with E-state index in [4.69, 9.17) is 21.1 Å². The van der Waals surface area contributed by atoms with E-state index < -0.39 is 11.8 Å². The van der Waals surface area contributed by atoms with Crippen LogP contribution in [0.3, 0.4) is 0 Å². The summed E-state index contributed by atoms with van der Waals surface area (Å²) in [6.07, 6.45) is -0.612. The molecule has 8 heteroatoms. The molecule has 2 amide bonds. The number of nitrogens with one attached hydrogen (secondary N) is 1. The Labute approximate surface area is 197 Å². The first-order valence-electron chi connectivity index (χ1n) is 10.9. The van der Waals surface area contributed by atoms with E-state index in [0.717, 1.165) is 27.7 Å². The van der Waals surface area contributed by atoms with Crippen LogP contribution >= 0.6 is 11.6 Å². The molecule has 1 saturated heterocycles. The summed E-state index contributed by atoms with van der Waals surface area (Å²) < 4.78 is 10.6. The lowest BCUT2D eigenvalue weighted by molar-refractivity contribution is -0.174. The van der Waals surface area contributed by atoms with Gasteiger partial charge in [0.25, 0.3) is 5.91 Å². The molecule has 7 nitrogen and oxygen atoms in total. The minimum absolute atomic E-state index is 0.0254. The van der Waals surface area contributed by atoms with E-state index in [1.807, 2.05) is 55.5 Å². The zero-order valence-electron chi connectivity index (χ0n) is 18.8. The molecule has 0 spiro atoms. The molecule has 0 aliphatic carbocycles. The maximum atomic E-state index is 13.9. The van der Waals surface area contributed by atoms with Crippen LogP contribution in [0.4, 0.5) is 0 Å². The molecular weight excluding hydrogens is 442 g/mol. The molecular formula is C25H26ClN3O4. The standard InChI is InChI=1S/C25H26ClN3O4/c1-25-23-22(16-9-5-7-11-19(16)27-23)17(15-8-4-6-10-18(15)26)12-29(25)20(30)13-28(24(25)31)14-21(32-2)33-3/h4-11,17,21,27H,12-14H2,1-3H3/t17-,25+/m1/s1. The Morgan fingerprint density at radius 3 is 2.55 bits per heavy atom. The van der Waals surface area contributed by atoms with Crippen molar-refractivity contribution in [1.29, 1.82) is 0 Å². The first-order valence-corrected chi connectivity index (χ1v) is 11.3. The van der Waals surface area contributed by atoms with Gasteiger partial charge in [0, 0.05) is 42.6 Å². The highest BCUT2D eigenvalue weighted by Crippen LogP contribution is 2.49. The van der Waals surface area contributed by atoms with Gasteiger partial charge in [0.1, 0.15) is 6.54 Å². The number of aromatic amines is 1. The van der Waals surface area contributed by atoms with Gasteiger partial charge in [0.2, 0.25) is 5.91 Å². The second-order valence-electron chi connectivity index (χ2n) is 8.70. The first kappa shape index (κ1) is 21.9. The van der Waals surface area contributed by atoms with Crippen LogP contribution in [-0.2, 0) is 24.6 Å². The van der Waals surface area contributed by atoms with Crippen molar-refractivity contribution in [3.05, 3.63) is 70.4 Å². The van der Waals surface area contributed by atoms with Crippen LogP contribution in [0.5, 0.6) is 0 Å². The van der Waals surface area contributed by atoms with Crippen molar-refractivity contribution >= 4 is 34.3 Å². The minimum atomic E-state index is -1.17. The van der Waals surface area contributed by atoms with Crippen LogP contribution in [0.2, 0.25) is 5.02 Å². The van der Waals surface area contributed by atoms with Gasteiger partial charge in [-0.1, -0.05) is 48.0 Å². The fourth-order valence-electron chi connectivity index (χ4n) is 5.29. The molecule has 172 valence electrons. The number of hydrogen-bond donors (Lipinski definition) is 1. The summed E-state index contributed by atoms with van der Waals surface area (Å²) in [4.78, 5) is 34.1. The molecule has 0 bridgehead atoms.